The van der Waals surface area contributed by atoms with Gasteiger partial charge in [0.25, 0.3) is 5.56 Å². The van der Waals surface area contributed by atoms with Crippen molar-refractivity contribution in [2.24, 2.45) is 21.0 Å². The van der Waals surface area contributed by atoms with E-state index in [1.165, 1.54) is 0 Å². The molecule has 0 saturated carbocycles. The zero-order valence-corrected chi connectivity index (χ0v) is 6.97. The maximum atomic E-state index is 12.1. The van der Waals surface area contributed by atoms with Gasteiger partial charge in [0.05, 0.1) is 6.30 Å². The summed E-state index contributed by atoms with van der Waals surface area (Å²) in [7, 11) is -0.626. The first-order chi connectivity index (χ1) is 9.31. The van der Waals surface area contributed by atoms with Crippen molar-refractivity contribution in [3.8, 4) is 0 Å². The fourth-order valence-corrected chi connectivity index (χ4v) is 1.12. The average Bonchev–Trinajstić information content (AvgIpc) is 2.66. The standard InChI is InChI=1S/C8H10N4O2/c1-10-4-9-6-5(10)7(13)12(3)8(14)11(6)2/h4H,1-3H3/i1D2,2D,3D2,4D. The molecule has 0 aromatic carbocycles. The largest absolute Gasteiger partial charge is 0.332 e. The van der Waals surface area contributed by atoms with Crippen molar-refractivity contribution >= 4 is 11.2 Å². The van der Waals surface area contributed by atoms with E-state index in [2.05, 4.69) is 4.98 Å². The summed E-state index contributed by atoms with van der Waals surface area (Å²) in [5, 5.41) is 0. The van der Waals surface area contributed by atoms with Crippen LogP contribution in [0, 0.1) is 0 Å². The summed E-state index contributed by atoms with van der Waals surface area (Å²) in [5.74, 6) is 0. The number of aryl methyl sites for hydroxylation is 2. The molecule has 0 N–H and O–H groups in total. The fraction of sp³-hybridized carbons (Fsp3) is 0.375. The van der Waals surface area contributed by atoms with Gasteiger partial charge in [0, 0.05) is 27.9 Å². The van der Waals surface area contributed by atoms with Crippen LogP contribution in [0.15, 0.2) is 15.9 Å². The Balaban J connectivity index is 3.11. The van der Waals surface area contributed by atoms with Gasteiger partial charge in [-0.1, -0.05) is 0 Å². The summed E-state index contributed by atoms with van der Waals surface area (Å²) < 4.78 is 45.5. The van der Waals surface area contributed by atoms with E-state index in [9.17, 15) is 9.59 Å². The summed E-state index contributed by atoms with van der Waals surface area (Å²) in [6, 6.07) is 0. The molecule has 0 bridgehead atoms. The van der Waals surface area contributed by atoms with Crippen LogP contribution >= 0.6 is 0 Å². The van der Waals surface area contributed by atoms with Crippen LogP contribution in [-0.2, 0) is 21.0 Å². The number of fused-ring (bicyclic) bond motifs is 1. The predicted octanol–water partition coefficient (Wildman–Crippen LogP) is -1.03. The highest BCUT2D eigenvalue weighted by Crippen LogP contribution is 2.01. The lowest BCUT2D eigenvalue weighted by Gasteiger charge is -2.02. The van der Waals surface area contributed by atoms with Gasteiger partial charge in [0.15, 0.2) is 11.2 Å². The molecule has 0 aliphatic rings. The molecule has 6 heteroatoms. The van der Waals surface area contributed by atoms with Gasteiger partial charge in [-0.3, -0.25) is 13.9 Å². The average molecular weight is 200 g/mol. The predicted molar refractivity (Wildman–Crippen MR) is 51.2 cm³/mol. The third-order valence-electron chi connectivity index (χ3n) is 1.83. The van der Waals surface area contributed by atoms with Crippen LogP contribution in [0.5, 0.6) is 0 Å². The van der Waals surface area contributed by atoms with Crippen LogP contribution in [0.4, 0.5) is 0 Å². The Bertz CT molecular complexity index is 776. The second-order valence-corrected chi connectivity index (χ2v) is 2.64. The van der Waals surface area contributed by atoms with Gasteiger partial charge < -0.3 is 4.57 Å². The summed E-state index contributed by atoms with van der Waals surface area (Å²) in [5.41, 5.74) is -2.81. The van der Waals surface area contributed by atoms with Gasteiger partial charge in [-0.05, 0) is 0 Å². The lowest BCUT2D eigenvalue weighted by atomic mass is 10.5. The molecule has 0 fully saturated rings. The molecule has 2 heterocycles. The molecule has 2 aromatic heterocycles. The molecule has 74 valence electrons. The first kappa shape index (κ1) is 4.12. The Labute approximate surface area is 87.5 Å². The smallest absolute Gasteiger partial charge is 0.328 e. The summed E-state index contributed by atoms with van der Waals surface area (Å²) >= 11 is 0. The minimum Gasteiger partial charge on any atom is -0.328 e. The van der Waals surface area contributed by atoms with E-state index in [4.69, 9.17) is 8.22 Å². The van der Waals surface area contributed by atoms with Gasteiger partial charge in [0.1, 0.15) is 1.37 Å². The normalized spacial score (nSPS) is 17.6. The number of aromatic nitrogens is 4. The highest BCUT2D eigenvalue weighted by atomic mass is 16.2. The van der Waals surface area contributed by atoms with Gasteiger partial charge in [0.2, 0.25) is 0 Å². The first-order valence-electron chi connectivity index (χ1n) is 7.05. The number of hydrogen-bond acceptors (Lipinski definition) is 3. The molecule has 14 heavy (non-hydrogen) atoms. The van der Waals surface area contributed by atoms with E-state index in [1.807, 2.05) is 0 Å². The molecular weight excluding hydrogens is 184 g/mol. The lowest BCUT2D eigenvalue weighted by molar-refractivity contribution is 0.705. The Morgan fingerprint density at radius 2 is 2.29 bits per heavy atom. The third-order valence-corrected chi connectivity index (χ3v) is 1.83. The monoisotopic (exact) mass is 200 g/mol. The van der Waals surface area contributed by atoms with Crippen molar-refractivity contribution in [2.45, 2.75) is 0 Å². The van der Waals surface area contributed by atoms with Crippen molar-refractivity contribution in [1.82, 2.24) is 18.7 Å². The van der Waals surface area contributed by atoms with E-state index >= 15 is 0 Å². The lowest BCUT2D eigenvalue weighted by Crippen LogP contribution is -2.37. The number of hydrogen-bond donors (Lipinski definition) is 0. The van der Waals surface area contributed by atoms with Crippen LogP contribution in [-0.4, -0.2) is 18.7 Å². The maximum Gasteiger partial charge on any atom is 0.332 e. The quantitative estimate of drug-likeness (QED) is 0.546. The highest BCUT2D eigenvalue weighted by Gasteiger charge is 2.11. The molecule has 0 amide bonds. The Kier molecular flexibility index (Phi) is 0.756. The zero-order chi connectivity index (χ0) is 15.2. The molecule has 2 aromatic rings. The number of imidazole rings is 1. The highest BCUT2D eigenvalue weighted by molar-refractivity contribution is 5.69. The van der Waals surface area contributed by atoms with E-state index in [1.54, 1.807) is 0 Å². The number of rotatable bonds is 0. The first-order valence-corrected chi connectivity index (χ1v) is 3.53. The van der Waals surface area contributed by atoms with Gasteiger partial charge >= 0.3 is 5.69 Å². The Hall–Kier alpha value is -1.85. The third kappa shape index (κ3) is 0.876. The van der Waals surface area contributed by atoms with Crippen LogP contribution in [0.1, 0.15) is 8.22 Å². The molecular formula is C8H10N4O2. The molecule has 0 aliphatic heterocycles. The van der Waals surface area contributed by atoms with E-state index < -0.39 is 44.1 Å². The minimum absolute atomic E-state index is 0.275. The van der Waals surface area contributed by atoms with Gasteiger partial charge in [-0.25, -0.2) is 9.78 Å². The topological polar surface area (TPSA) is 61.8 Å². The van der Waals surface area contributed by atoms with Crippen LogP contribution in [0.2, 0.25) is 0 Å². The molecule has 0 aliphatic carbocycles. The zero-order valence-electron chi connectivity index (χ0n) is 13.0. The number of nitrogens with zero attached hydrogens (tertiary/aromatic N) is 4. The SMILES string of the molecule is [2H]Cn1c(=O)n(C([2H])[2H])c(=O)c2c1nc([2H])n2C([2H])[2H]. The van der Waals surface area contributed by atoms with Crippen molar-refractivity contribution in [1.29, 1.82) is 0 Å². The Morgan fingerprint density at radius 3 is 2.93 bits per heavy atom. The Morgan fingerprint density at radius 1 is 1.43 bits per heavy atom. The molecule has 0 radical (unpaired) electrons. The molecule has 0 atom stereocenters. The van der Waals surface area contributed by atoms with E-state index in [-0.39, 0.29) is 10.2 Å². The fourth-order valence-electron chi connectivity index (χ4n) is 1.12. The van der Waals surface area contributed by atoms with Gasteiger partial charge in [-0.15, -0.1) is 0 Å². The summed E-state index contributed by atoms with van der Waals surface area (Å²) in [6.07, 6.45) is -0.571. The summed E-state index contributed by atoms with van der Waals surface area (Å²) in [6.45, 7) is -3.69. The molecule has 0 spiro atoms. The van der Waals surface area contributed by atoms with Crippen LogP contribution in [0.3, 0.4) is 0 Å². The van der Waals surface area contributed by atoms with E-state index in [0.29, 0.717) is 9.13 Å². The van der Waals surface area contributed by atoms with Crippen molar-refractivity contribution in [3.63, 3.8) is 0 Å². The van der Waals surface area contributed by atoms with Crippen molar-refractivity contribution < 1.29 is 8.22 Å². The molecule has 6 nitrogen and oxygen atoms in total. The second-order valence-electron chi connectivity index (χ2n) is 2.64. The minimum atomic E-state index is -1.94. The molecule has 2 rings (SSSR count). The van der Waals surface area contributed by atoms with Crippen molar-refractivity contribution in [3.05, 3.63) is 27.1 Å². The van der Waals surface area contributed by atoms with Crippen LogP contribution < -0.4 is 11.2 Å². The second kappa shape index (κ2) is 2.57. The maximum absolute atomic E-state index is 12.1. The molecule has 0 unspecified atom stereocenters. The van der Waals surface area contributed by atoms with E-state index in [0.717, 1.165) is 0 Å². The van der Waals surface area contributed by atoms with Crippen molar-refractivity contribution in [2.75, 3.05) is 0 Å². The molecule has 0 saturated heterocycles. The van der Waals surface area contributed by atoms with Gasteiger partial charge in [-0.2, -0.15) is 0 Å². The summed E-state index contributed by atoms with van der Waals surface area (Å²) in [4.78, 5) is 27.7. The van der Waals surface area contributed by atoms with Crippen LogP contribution in [0.25, 0.3) is 11.2 Å².